The fraction of sp³-hybridized carbons (Fsp3) is 0.556. The first kappa shape index (κ1) is 18.2. The number of ether oxygens (including phenoxy) is 1. The van der Waals surface area contributed by atoms with E-state index in [1.165, 1.54) is 7.11 Å². The van der Waals surface area contributed by atoms with E-state index in [2.05, 4.69) is 27.3 Å². The summed E-state index contributed by atoms with van der Waals surface area (Å²) in [6.07, 6.45) is 4.29. The summed E-state index contributed by atoms with van der Waals surface area (Å²) in [4.78, 5) is 18.6. The Morgan fingerprint density at radius 3 is 2.88 bits per heavy atom. The van der Waals surface area contributed by atoms with Crippen molar-refractivity contribution in [1.29, 1.82) is 0 Å². The third-order valence-electron chi connectivity index (χ3n) is 4.65. The zero-order chi connectivity index (χ0) is 18.4. The highest BCUT2D eigenvalue weighted by Gasteiger charge is 2.26. The van der Waals surface area contributed by atoms with Gasteiger partial charge in [-0.25, -0.2) is 0 Å². The average Bonchev–Trinajstić information content (AvgIpc) is 3.10. The predicted octanol–water partition coefficient (Wildman–Crippen LogP) is 1.12. The SMILES string of the molecule is CCNC(=NCCc1nnc2ccccn12)N1CCC(C(=O)OC)CC1. The molecule has 0 unspecified atom stereocenters. The first-order valence-electron chi connectivity index (χ1n) is 9.12. The van der Waals surface area contributed by atoms with Gasteiger partial charge in [0.25, 0.3) is 0 Å². The van der Waals surface area contributed by atoms with Gasteiger partial charge in [0.05, 0.1) is 13.0 Å². The van der Waals surface area contributed by atoms with Crippen molar-refractivity contribution in [3.8, 4) is 0 Å². The van der Waals surface area contributed by atoms with Crippen molar-refractivity contribution in [2.75, 3.05) is 33.3 Å². The molecule has 0 aliphatic carbocycles. The molecule has 0 saturated carbocycles. The van der Waals surface area contributed by atoms with E-state index < -0.39 is 0 Å². The minimum Gasteiger partial charge on any atom is -0.469 e. The lowest BCUT2D eigenvalue weighted by Crippen LogP contribution is -2.46. The quantitative estimate of drug-likeness (QED) is 0.490. The van der Waals surface area contributed by atoms with E-state index in [4.69, 9.17) is 9.73 Å². The van der Waals surface area contributed by atoms with E-state index in [0.29, 0.717) is 6.54 Å². The molecule has 1 N–H and O–H groups in total. The van der Waals surface area contributed by atoms with Crippen LogP contribution in [0.4, 0.5) is 0 Å². The number of rotatable bonds is 5. The fourth-order valence-electron chi connectivity index (χ4n) is 3.24. The zero-order valence-corrected chi connectivity index (χ0v) is 15.4. The highest BCUT2D eigenvalue weighted by molar-refractivity contribution is 5.80. The number of carbonyl (C=O) groups is 1. The van der Waals surface area contributed by atoms with Crippen molar-refractivity contribution < 1.29 is 9.53 Å². The molecule has 8 heteroatoms. The van der Waals surface area contributed by atoms with Crippen molar-refractivity contribution >= 4 is 17.6 Å². The van der Waals surface area contributed by atoms with Crippen LogP contribution in [0.1, 0.15) is 25.6 Å². The molecule has 1 fully saturated rings. The van der Waals surface area contributed by atoms with Gasteiger partial charge in [-0.1, -0.05) is 6.07 Å². The molecule has 8 nitrogen and oxygen atoms in total. The number of piperidine rings is 1. The normalized spacial score (nSPS) is 16.1. The molecule has 1 aliphatic heterocycles. The Labute approximate surface area is 153 Å². The van der Waals surface area contributed by atoms with Gasteiger partial charge >= 0.3 is 5.97 Å². The Morgan fingerprint density at radius 2 is 2.15 bits per heavy atom. The highest BCUT2D eigenvalue weighted by atomic mass is 16.5. The van der Waals surface area contributed by atoms with Crippen LogP contribution in [0.2, 0.25) is 0 Å². The molecule has 3 heterocycles. The molecule has 3 rings (SSSR count). The van der Waals surface area contributed by atoms with Crippen molar-refractivity contribution in [1.82, 2.24) is 24.8 Å². The van der Waals surface area contributed by atoms with Gasteiger partial charge in [-0.2, -0.15) is 0 Å². The van der Waals surface area contributed by atoms with Crippen LogP contribution in [0.5, 0.6) is 0 Å². The lowest BCUT2D eigenvalue weighted by molar-refractivity contribution is -0.146. The lowest BCUT2D eigenvalue weighted by atomic mass is 9.97. The molecule has 2 aromatic rings. The van der Waals surface area contributed by atoms with Crippen LogP contribution in [0, 0.1) is 5.92 Å². The minimum absolute atomic E-state index is 0.00137. The molecular weight excluding hydrogens is 332 g/mol. The average molecular weight is 358 g/mol. The number of fused-ring (bicyclic) bond motifs is 1. The molecule has 1 saturated heterocycles. The topological polar surface area (TPSA) is 84.1 Å². The molecule has 1 aliphatic rings. The Morgan fingerprint density at radius 1 is 1.35 bits per heavy atom. The number of esters is 1. The van der Waals surface area contributed by atoms with Gasteiger partial charge in [-0.05, 0) is 31.9 Å². The van der Waals surface area contributed by atoms with Gasteiger partial charge in [0.15, 0.2) is 11.6 Å². The molecule has 0 aromatic carbocycles. The lowest BCUT2D eigenvalue weighted by Gasteiger charge is -2.33. The molecule has 0 radical (unpaired) electrons. The van der Waals surface area contributed by atoms with E-state index in [0.717, 1.165) is 56.3 Å². The summed E-state index contributed by atoms with van der Waals surface area (Å²) in [6, 6.07) is 5.86. The second-order valence-electron chi connectivity index (χ2n) is 6.32. The summed E-state index contributed by atoms with van der Waals surface area (Å²) in [5.41, 5.74) is 0.850. The van der Waals surface area contributed by atoms with Crippen LogP contribution in [-0.2, 0) is 16.0 Å². The smallest absolute Gasteiger partial charge is 0.308 e. The maximum Gasteiger partial charge on any atom is 0.308 e. The van der Waals surface area contributed by atoms with Gasteiger partial charge in [0.1, 0.15) is 5.82 Å². The van der Waals surface area contributed by atoms with Crippen LogP contribution in [0.15, 0.2) is 29.4 Å². The number of carbonyl (C=O) groups excluding carboxylic acids is 1. The molecule has 0 amide bonds. The summed E-state index contributed by atoms with van der Waals surface area (Å²) in [7, 11) is 1.45. The number of guanidine groups is 1. The summed E-state index contributed by atoms with van der Waals surface area (Å²) < 4.78 is 6.85. The highest BCUT2D eigenvalue weighted by Crippen LogP contribution is 2.18. The standard InChI is InChI=1S/C18H26N6O2/c1-3-19-18(23-12-8-14(9-13-23)17(25)26-2)20-10-7-16-22-21-15-6-4-5-11-24(15)16/h4-6,11,14H,3,7-10,12-13H2,1-2H3,(H,19,20). The zero-order valence-electron chi connectivity index (χ0n) is 15.4. The number of methoxy groups -OCH3 is 1. The van der Waals surface area contributed by atoms with Crippen molar-refractivity contribution in [3.63, 3.8) is 0 Å². The number of nitrogens with one attached hydrogen (secondary N) is 1. The molecular formula is C18H26N6O2. The summed E-state index contributed by atoms with van der Waals surface area (Å²) in [5, 5.41) is 11.8. The summed E-state index contributed by atoms with van der Waals surface area (Å²) >= 11 is 0. The Kier molecular flexibility index (Phi) is 6.04. The van der Waals surface area contributed by atoms with Crippen LogP contribution in [-0.4, -0.2) is 64.7 Å². The number of hydrogen-bond donors (Lipinski definition) is 1. The van der Waals surface area contributed by atoms with Crippen LogP contribution in [0.3, 0.4) is 0 Å². The summed E-state index contributed by atoms with van der Waals surface area (Å²) in [6.45, 7) is 5.11. The number of hydrogen-bond acceptors (Lipinski definition) is 5. The Bertz CT molecular complexity index is 764. The number of nitrogens with zero attached hydrogens (tertiary/aromatic N) is 5. The Hall–Kier alpha value is -2.64. The van der Waals surface area contributed by atoms with E-state index in [-0.39, 0.29) is 11.9 Å². The monoisotopic (exact) mass is 358 g/mol. The molecule has 26 heavy (non-hydrogen) atoms. The third-order valence-corrected chi connectivity index (χ3v) is 4.65. The maximum atomic E-state index is 11.7. The number of likely N-dealkylation sites (tertiary alicyclic amines) is 1. The third kappa shape index (κ3) is 4.12. The van der Waals surface area contributed by atoms with Crippen molar-refractivity contribution in [3.05, 3.63) is 30.2 Å². The molecule has 140 valence electrons. The summed E-state index contributed by atoms with van der Waals surface area (Å²) in [5.74, 6) is 1.70. The van der Waals surface area contributed by atoms with Crippen LogP contribution >= 0.6 is 0 Å². The van der Waals surface area contributed by atoms with Crippen molar-refractivity contribution in [2.24, 2.45) is 10.9 Å². The Balaban J connectivity index is 1.60. The number of aromatic nitrogens is 3. The molecule has 2 aromatic heterocycles. The van der Waals surface area contributed by atoms with E-state index in [1.807, 2.05) is 28.8 Å². The second-order valence-corrected chi connectivity index (χ2v) is 6.32. The predicted molar refractivity (Wildman–Crippen MR) is 99.0 cm³/mol. The van der Waals surface area contributed by atoms with Gasteiger partial charge in [0.2, 0.25) is 0 Å². The van der Waals surface area contributed by atoms with Gasteiger partial charge < -0.3 is 15.0 Å². The van der Waals surface area contributed by atoms with Gasteiger partial charge in [-0.3, -0.25) is 14.2 Å². The first-order valence-corrected chi connectivity index (χ1v) is 9.12. The largest absolute Gasteiger partial charge is 0.469 e. The van der Waals surface area contributed by atoms with E-state index in [9.17, 15) is 4.79 Å². The van der Waals surface area contributed by atoms with Crippen LogP contribution < -0.4 is 5.32 Å². The van der Waals surface area contributed by atoms with Crippen molar-refractivity contribution in [2.45, 2.75) is 26.2 Å². The maximum absolute atomic E-state index is 11.7. The first-order chi connectivity index (χ1) is 12.7. The van der Waals surface area contributed by atoms with Gasteiger partial charge in [0, 0.05) is 38.8 Å². The van der Waals surface area contributed by atoms with E-state index in [1.54, 1.807) is 0 Å². The van der Waals surface area contributed by atoms with Gasteiger partial charge in [-0.15, -0.1) is 10.2 Å². The van der Waals surface area contributed by atoms with Crippen LogP contribution in [0.25, 0.3) is 5.65 Å². The number of aliphatic imine (C=N–C) groups is 1. The molecule has 0 atom stereocenters. The molecule has 0 bridgehead atoms. The number of pyridine rings is 1. The fourth-order valence-corrected chi connectivity index (χ4v) is 3.24. The molecule has 0 spiro atoms. The minimum atomic E-state index is -0.106. The second kappa shape index (κ2) is 8.64. The van der Waals surface area contributed by atoms with E-state index >= 15 is 0 Å².